The van der Waals surface area contributed by atoms with E-state index in [0.29, 0.717) is 25.4 Å². The number of aromatic nitrogens is 2. The normalized spacial score (nSPS) is 21.6. The zero-order valence-electron chi connectivity index (χ0n) is 14.9. The molecule has 24 heavy (non-hydrogen) atoms. The molecule has 2 rings (SSSR count). The molecule has 1 aliphatic heterocycles. The summed E-state index contributed by atoms with van der Waals surface area (Å²) in [5.74, 6) is 1.51. The summed E-state index contributed by atoms with van der Waals surface area (Å²) in [6, 6.07) is -0.195. The van der Waals surface area contributed by atoms with Crippen molar-refractivity contribution < 1.29 is 13.2 Å². The monoisotopic (exact) mass is 356 g/mol. The predicted octanol–water partition coefficient (Wildman–Crippen LogP) is 1.00. The van der Waals surface area contributed by atoms with Crippen LogP contribution in [0.2, 0.25) is 0 Å². The van der Waals surface area contributed by atoms with Crippen LogP contribution < -0.4 is 4.72 Å². The Balaban J connectivity index is 1.89. The molecule has 0 unspecified atom stereocenters. The van der Waals surface area contributed by atoms with Gasteiger partial charge in [-0.2, -0.15) is 0 Å². The van der Waals surface area contributed by atoms with Crippen LogP contribution in [0.25, 0.3) is 0 Å². The van der Waals surface area contributed by atoms with E-state index < -0.39 is 10.0 Å². The van der Waals surface area contributed by atoms with Crippen molar-refractivity contribution in [3.8, 4) is 0 Å². The van der Waals surface area contributed by atoms with Gasteiger partial charge in [-0.3, -0.25) is 4.79 Å². The van der Waals surface area contributed by atoms with E-state index >= 15 is 0 Å². The molecule has 7 nitrogen and oxygen atoms in total. The van der Waals surface area contributed by atoms with Crippen LogP contribution in [-0.4, -0.2) is 54.2 Å². The molecule has 8 heteroatoms. The first-order chi connectivity index (χ1) is 11.2. The minimum Gasteiger partial charge on any atom is -0.341 e. The quantitative estimate of drug-likeness (QED) is 0.790. The van der Waals surface area contributed by atoms with Crippen molar-refractivity contribution in [3.05, 3.63) is 18.2 Å². The summed E-state index contributed by atoms with van der Waals surface area (Å²) in [6.45, 7) is 7.92. The minimum absolute atomic E-state index is 0.0937. The van der Waals surface area contributed by atoms with Crippen LogP contribution >= 0.6 is 0 Å². The highest BCUT2D eigenvalue weighted by atomic mass is 32.2. The Morgan fingerprint density at radius 1 is 1.42 bits per heavy atom. The van der Waals surface area contributed by atoms with Crippen LogP contribution in [-0.2, 0) is 21.4 Å². The fraction of sp³-hybridized carbons (Fsp3) is 0.750. The summed E-state index contributed by atoms with van der Waals surface area (Å²) in [5.41, 5.74) is 0. The molecule has 1 aromatic rings. The molecular formula is C16H28N4O3S. The van der Waals surface area contributed by atoms with Gasteiger partial charge in [0.15, 0.2) is 0 Å². The second kappa shape index (κ2) is 7.65. The van der Waals surface area contributed by atoms with Gasteiger partial charge < -0.3 is 9.47 Å². The smallest absolute Gasteiger partial charge is 0.222 e. The van der Waals surface area contributed by atoms with E-state index in [2.05, 4.69) is 23.6 Å². The van der Waals surface area contributed by atoms with Crippen LogP contribution in [0.15, 0.2) is 12.4 Å². The largest absolute Gasteiger partial charge is 0.341 e. The Hall–Kier alpha value is -1.41. The Morgan fingerprint density at radius 3 is 2.67 bits per heavy atom. The number of nitrogens with zero attached hydrogens (tertiary/aromatic N) is 3. The van der Waals surface area contributed by atoms with Crippen molar-refractivity contribution in [3.63, 3.8) is 0 Å². The first-order valence-corrected chi connectivity index (χ1v) is 10.3. The maximum atomic E-state index is 12.5. The van der Waals surface area contributed by atoms with Gasteiger partial charge in [0.2, 0.25) is 15.9 Å². The Labute approximate surface area is 144 Å². The lowest BCUT2D eigenvalue weighted by atomic mass is 9.92. The first-order valence-electron chi connectivity index (χ1n) is 8.40. The third kappa shape index (κ3) is 5.04. The topological polar surface area (TPSA) is 84.3 Å². The molecule has 1 aromatic heterocycles. The number of aryl methyl sites for hydroxylation is 2. The Kier molecular flexibility index (Phi) is 6.03. The van der Waals surface area contributed by atoms with Crippen molar-refractivity contribution in [2.45, 2.75) is 46.2 Å². The minimum atomic E-state index is -3.27. The molecular weight excluding hydrogens is 328 g/mol. The van der Waals surface area contributed by atoms with Gasteiger partial charge in [0.05, 0.1) is 6.26 Å². The SMILES string of the molecule is Cc1nccn1CCCC(=O)N1C[C@@H](NS(C)(=O)=O)[C@H](C(C)C)C1. The summed E-state index contributed by atoms with van der Waals surface area (Å²) in [7, 11) is -3.27. The van der Waals surface area contributed by atoms with Gasteiger partial charge in [0.1, 0.15) is 5.82 Å². The number of hydrogen-bond donors (Lipinski definition) is 1. The molecule has 1 amide bonds. The van der Waals surface area contributed by atoms with Crippen molar-refractivity contribution in [1.82, 2.24) is 19.2 Å². The summed E-state index contributed by atoms with van der Waals surface area (Å²) >= 11 is 0. The van der Waals surface area contributed by atoms with Crippen molar-refractivity contribution in [1.29, 1.82) is 0 Å². The molecule has 0 saturated carbocycles. The maximum Gasteiger partial charge on any atom is 0.222 e. The summed E-state index contributed by atoms with van der Waals surface area (Å²) < 4.78 is 27.8. The zero-order chi connectivity index (χ0) is 17.9. The second-order valence-corrected chi connectivity index (χ2v) is 8.75. The number of nitrogens with one attached hydrogen (secondary N) is 1. The molecule has 1 aliphatic rings. The van der Waals surface area contributed by atoms with E-state index in [1.54, 1.807) is 11.1 Å². The fourth-order valence-corrected chi connectivity index (χ4v) is 4.11. The Morgan fingerprint density at radius 2 is 2.12 bits per heavy atom. The van der Waals surface area contributed by atoms with Gasteiger partial charge >= 0.3 is 0 Å². The highest BCUT2D eigenvalue weighted by Gasteiger charge is 2.37. The number of carbonyl (C=O) groups excluding carboxylic acids is 1. The van der Waals surface area contributed by atoms with Crippen molar-refractivity contribution >= 4 is 15.9 Å². The molecule has 0 spiro atoms. The van der Waals surface area contributed by atoms with Gasteiger partial charge in [0.25, 0.3) is 0 Å². The zero-order valence-corrected chi connectivity index (χ0v) is 15.7. The van der Waals surface area contributed by atoms with Crippen LogP contribution in [0, 0.1) is 18.8 Å². The molecule has 1 saturated heterocycles. The summed E-state index contributed by atoms with van der Waals surface area (Å²) in [5, 5.41) is 0. The molecule has 1 fully saturated rings. The summed E-state index contributed by atoms with van der Waals surface area (Å²) in [4.78, 5) is 18.4. The van der Waals surface area contributed by atoms with Gasteiger partial charge in [-0.25, -0.2) is 18.1 Å². The van der Waals surface area contributed by atoms with Crippen molar-refractivity contribution in [2.24, 2.45) is 11.8 Å². The number of carbonyl (C=O) groups is 1. The molecule has 2 heterocycles. The fourth-order valence-electron chi connectivity index (χ4n) is 3.31. The van der Waals surface area contributed by atoms with Crippen LogP contribution in [0.3, 0.4) is 0 Å². The van der Waals surface area contributed by atoms with Gasteiger partial charge in [0, 0.05) is 44.5 Å². The number of hydrogen-bond acceptors (Lipinski definition) is 4. The predicted molar refractivity (Wildman–Crippen MR) is 92.9 cm³/mol. The number of amides is 1. The van der Waals surface area contributed by atoms with Gasteiger partial charge in [-0.05, 0) is 25.2 Å². The molecule has 0 radical (unpaired) electrons. The van der Waals surface area contributed by atoms with Crippen LogP contribution in [0.4, 0.5) is 0 Å². The average molecular weight is 356 g/mol. The van der Waals surface area contributed by atoms with E-state index in [1.165, 1.54) is 6.26 Å². The van der Waals surface area contributed by atoms with Crippen LogP contribution in [0.1, 0.15) is 32.5 Å². The lowest BCUT2D eigenvalue weighted by Crippen LogP contribution is -2.41. The third-order valence-electron chi connectivity index (χ3n) is 4.65. The van der Waals surface area contributed by atoms with E-state index in [9.17, 15) is 13.2 Å². The second-order valence-electron chi connectivity index (χ2n) is 6.97. The van der Waals surface area contributed by atoms with E-state index in [0.717, 1.165) is 18.8 Å². The number of sulfonamides is 1. The average Bonchev–Trinajstić information content (AvgIpc) is 3.04. The third-order valence-corrected chi connectivity index (χ3v) is 5.38. The molecule has 0 bridgehead atoms. The molecule has 136 valence electrons. The lowest BCUT2D eigenvalue weighted by molar-refractivity contribution is -0.130. The molecule has 2 atom stereocenters. The highest BCUT2D eigenvalue weighted by Crippen LogP contribution is 2.25. The van der Waals surface area contributed by atoms with E-state index in [1.807, 2.05) is 17.7 Å². The lowest BCUT2D eigenvalue weighted by Gasteiger charge is -2.21. The van der Waals surface area contributed by atoms with Gasteiger partial charge in [-0.1, -0.05) is 13.8 Å². The number of rotatable bonds is 7. The summed E-state index contributed by atoms with van der Waals surface area (Å²) in [6.07, 6.45) is 6.06. The van der Waals surface area contributed by atoms with Gasteiger partial charge in [-0.15, -0.1) is 0 Å². The van der Waals surface area contributed by atoms with E-state index in [-0.39, 0.29) is 17.9 Å². The Bertz CT molecular complexity index is 669. The number of imidazole rings is 1. The molecule has 1 N–H and O–H groups in total. The number of likely N-dealkylation sites (tertiary alicyclic amines) is 1. The molecule has 0 aromatic carbocycles. The van der Waals surface area contributed by atoms with Crippen molar-refractivity contribution in [2.75, 3.05) is 19.3 Å². The highest BCUT2D eigenvalue weighted by molar-refractivity contribution is 7.88. The first kappa shape index (κ1) is 18.9. The molecule has 0 aliphatic carbocycles. The van der Waals surface area contributed by atoms with Crippen LogP contribution in [0.5, 0.6) is 0 Å². The maximum absolute atomic E-state index is 12.5. The van der Waals surface area contributed by atoms with E-state index in [4.69, 9.17) is 0 Å². The standard InChI is InChI=1S/C16H28N4O3S/c1-12(2)14-10-20(11-15(14)18-24(4,22)23)16(21)6-5-8-19-9-7-17-13(19)3/h7,9,12,14-15,18H,5-6,8,10-11H2,1-4H3/t14-,15+/m0/s1.